The Morgan fingerprint density at radius 2 is 1.84 bits per heavy atom. The normalized spacial score (nSPS) is 14.6. The first-order chi connectivity index (χ1) is 15.0. The maximum absolute atomic E-state index is 14.0. The molecule has 0 aliphatic carbocycles. The number of rotatable bonds is 5. The molecule has 4 rings (SSSR count). The first kappa shape index (κ1) is 22.0. The van der Waals surface area contributed by atoms with Crippen molar-refractivity contribution >= 4 is 46.2 Å². The van der Waals surface area contributed by atoms with Gasteiger partial charge in [0.25, 0.3) is 0 Å². The van der Waals surface area contributed by atoms with Crippen molar-refractivity contribution < 1.29 is 4.39 Å². The highest BCUT2D eigenvalue weighted by atomic mass is 35.5. The van der Waals surface area contributed by atoms with Gasteiger partial charge in [0, 0.05) is 54.5 Å². The van der Waals surface area contributed by atoms with Gasteiger partial charge < -0.3 is 10.2 Å². The van der Waals surface area contributed by atoms with E-state index in [0.717, 1.165) is 37.4 Å². The van der Waals surface area contributed by atoms with Crippen molar-refractivity contribution in [3.8, 4) is 0 Å². The van der Waals surface area contributed by atoms with E-state index in [1.165, 1.54) is 6.07 Å². The maximum atomic E-state index is 14.0. The second-order valence-corrected chi connectivity index (χ2v) is 8.68. The van der Waals surface area contributed by atoms with E-state index < -0.39 is 0 Å². The Bertz CT molecular complexity index is 1050. The third-order valence-electron chi connectivity index (χ3n) is 5.22. The van der Waals surface area contributed by atoms with Crippen LogP contribution in [-0.2, 0) is 13.1 Å². The summed E-state index contributed by atoms with van der Waals surface area (Å²) in [5.74, 6) is -0.262. The Kier molecular flexibility index (Phi) is 7.07. The number of halogens is 3. The van der Waals surface area contributed by atoms with Crippen LogP contribution >= 0.6 is 35.4 Å². The molecule has 1 fully saturated rings. The molecule has 0 saturated carbocycles. The van der Waals surface area contributed by atoms with E-state index in [1.54, 1.807) is 18.3 Å². The summed E-state index contributed by atoms with van der Waals surface area (Å²) >= 11 is 17.8. The summed E-state index contributed by atoms with van der Waals surface area (Å²) in [6, 6.07) is 12.5. The summed E-state index contributed by atoms with van der Waals surface area (Å²) in [5, 5.41) is 9.49. The molecule has 0 spiro atoms. The summed E-state index contributed by atoms with van der Waals surface area (Å²) in [6.07, 6.45) is 3.68. The molecule has 0 radical (unpaired) electrons. The van der Waals surface area contributed by atoms with Gasteiger partial charge >= 0.3 is 0 Å². The molecule has 2 heterocycles. The van der Waals surface area contributed by atoms with E-state index in [0.29, 0.717) is 33.8 Å². The number of aromatic nitrogens is 2. The molecule has 1 N–H and O–H groups in total. The predicted octanol–water partition coefficient (Wildman–Crippen LogP) is 4.89. The van der Waals surface area contributed by atoms with Crippen LogP contribution in [0.3, 0.4) is 0 Å². The SMILES string of the molecule is Fc1cccc(Cl)c1CN1CCN(C(=S)Nc2cnn(Cc3cccc(Cl)c3)c2)CC1. The summed E-state index contributed by atoms with van der Waals surface area (Å²) in [6.45, 7) is 4.20. The summed E-state index contributed by atoms with van der Waals surface area (Å²) in [4.78, 5) is 4.30. The predicted molar refractivity (Wildman–Crippen MR) is 127 cm³/mol. The van der Waals surface area contributed by atoms with E-state index in [4.69, 9.17) is 35.4 Å². The number of piperazine rings is 1. The molecule has 0 unspecified atom stereocenters. The van der Waals surface area contributed by atoms with Gasteiger partial charge in [0.2, 0.25) is 0 Å². The Balaban J connectivity index is 1.28. The van der Waals surface area contributed by atoms with E-state index in [1.807, 2.05) is 35.1 Å². The highest BCUT2D eigenvalue weighted by Gasteiger charge is 2.21. The van der Waals surface area contributed by atoms with Crippen molar-refractivity contribution in [2.24, 2.45) is 0 Å². The van der Waals surface area contributed by atoms with Crippen LogP contribution in [0.15, 0.2) is 54.9 Å². The second kappa shape index (κ2) is 9.96. The van der Waals surface area contributed by atoms with Crippen LogP contribution in [0.4, 0.5) is 10.1 Å². The highest BCUT2D eigenvalue weighted by molar-refractivity contribution is 7.80. The minimum absolute atomic E-state index is 0.262. The fourth-order valence-corrected chi connectivity index (χ4v) is 4.29. The quantitative estimate of drug-likeness (QED) is 0.529. The van der Waals surface area contributed by atoms with Gasteiger partial charge in [-0.15, -0.1) is 0 Å². The number of thiocarbonyl (C=S) groups is 1. The van der Waals surface area contributed by atoms with Gasteiger partial charge in [-0.05, 0) is 42.0 Å². The maximum Gasteiger partial charge on any atom is 0.173 e. The number of nitrogens with one attached hydrogen (secondary N) is 1. The van der Waals surface area contributed by atoms with Crippen LogP contribution in [0.1, 0.15) is 11.1 Å². The van der Waals surface area contributed by atoms with Crippen molar-refractivity contribution in [3.05, 3.63) is 81.8 Å². The first-order valence-corrected chi connectivity index (χ1v) is 11.1. The topological polar surface area (TPSA) is 36.3 Å². The van der Waals surface area contributed by atoms with E-state index >= 15 is 0 Å². The summed E-state index contributed by atoms with van der Waals surface area (Å²) in [5.41, 5.74) is 2.47. The van der Waals surface area contributed by atoms with Crippen LogP contribution in [0.5, 0.6) is 0 Å². The van der Waals surface area contributed by atoms with Crippen LogP contribution < -0.4 is 5.32 Å². The second-order valence-electron chi connectivity index (χ2n) is 7.45. The number of nitrogens with zero attached hydrogens (tertiary/aromatic N) is 4. The van der Waals surface area contributed by atoms with Crippen molar-refractivity contribution in [2.45, 2.75) is 13.1 Å². The summed E-state index contributed by atoms with van der Waals surface area (Å²) in [7, 11) is 0. The molecule has 2 aromatic carbocycles. The molecule has 0 atom stereocenters. The first-order valence-electron chi connectivity index (χ1n) is 9.96. The molecule has 1 aromatic heterocycles. The molecular formula is C22H22Cl2FN5S. The molecule has 1 aliphatic rings. The van der Waals surface area contributed by atoms with Crippen molar-refractivity contribution in [1.82, 2.24) is 19.6 Å². The lowest BCUT2D eigenvalue weighted by molar-refractivity contribution is 0.175. The van der Waals surface area contributed by atoms with Crippen molar-refractivity contribution in [1.29, 1.82) is 0 Å². The van der Waals surface area contributed by atoms with E-state index in [9.17, 15) is 4.39 Å². The molecule has 162 valence electrons. The molecule has 0 bridgehead atoms. The van der Waals surface area contributed by atoms with Gasteiger partial charge in [0.1, 0.15) is 5.82 Å². The third-order valence-corrected chi connectivity index (χ3v) is 6.17. The Morgan fingerprint density at radius 3 is 2.58 bits per heavy atom. The smallest absolute Gasteiger partial charge is 0.173 e. The fourth-order valence-electron chi connectivity index (χ4n) is 3.56. The van der Waals surface area contributed by atoms with E-state index in [2.05, 4.69) is 20.2 Å². The lowest BCUT2D eigenvalue weighted by atomic mass is 10.2. The number of hydrogen-bond donors (Lipinski definition) is 1. The van der Waals surface area contributed by atoms with Gasteiger partial charge in [-0.1, -0.05) is 41.4 Å². The van der Waals surface area contributed by atoms with Crippen LogP contribution in [0, 0.1) is 5.82 Å². The van der Waals surface area contributed by atoms with Gasteiger partial charge in [0.15, 0.2) is 5.11 Å². The number of anilines is 1. The van der Waals surface area contributed by atoms with Crippen LogP contribution in [0.25, 0.3) is 0 Å². The molecule has 9 heteroatoms. The molecule has 31 heavy (non-hydrogen) atoms. The van der Waals surface area contributed by atoms with Crippen LogP contribution in [0.2, 0.25) is 10.0 Å². The highest BCUT2D eigenvalue weighted by Crippen LogP contribution is 2.21. The largest absolute Gasteiger partial charge is 0.346 e. The van der Waals surface area contributed by atoms with Crippen molar-refractivity contribution in [2.75, 3.05) is 31.5 Å². The minimum atomic E-state index is -0.262. The average Bonchev–Trinajstić information content (AvgIpc) is 3.18. The molecule has 1 saturated heterocycles. The zero-order chi connectivity index (χ0) is 21.8. The number of hydrogen-bond acceptors (Lipinski definition) is 3. The van der Waals surface area contributed by atoms with Gasteiger partial charge in [-0.3, -0.25) is 9.58 Å². The van der Waals surface area contributed by atoms with Crippen LogP contribution in [-0.4, -0.2) is 50.9 Å². The number of benzene rings is 2. The fraction of sp³-hybridized carbons (Fsp3) is 0.273. The van der Waals surface area contributed by atoms with Crippen molar-refractivity contribution in [3.63, 3.8) is 0 Å². The minimum Gasteiger partial charge on any atom is -0.346 e. The molecule has 0 amide bonds. The zero-order valence-electron chi connectivity index (χ0n) is 16.8. The lowest BCUT2D eigenvalue weighted by Crippen LogP contribution is -2.49. The summed E-state index contributed by atoms with van der Waals surface area (Å²) < 4.78 is 15.9. The molecule has 1 aliphatic heterocycles. The van der Waals surface area contributed by atoms with E-state index in [-0.39, 0.29) is 5.82 Å². The molecule has 5 nitrogen and oxygen atoms in total. The van der Waals surface area contributed by atoms with Gasteiger partial charge in [0.05, 0.1) is 18.4 Å². The average molecular weight is 478 g/mol. The lowest BCUT2D eigenvalue weighted by Gasteiger charge is -2.36. The Labute approximate surface area is 196 Å². The Hall–Kier alpha value is -2.19. The monoisotopic (exact) mass is 477 g/mol. The zero-order valence-corrected chi connectivity index (χ0v) is 19.1. The Morgan fingerprint density at radius 1 is 1.06 bits per heavy atom. The van der Waals surface area contributed by atoms with Gasteiger partial charge in [-0.2, -0.15) is 5.10 Å². The van der Waals surface area contributed by atoms with Gasteiger partial charge in [-0.25, -0.2) is 4.39 Å². The molecular weight excluding hydrogens is 456 g/mol. The molecule has 3 aromatic rings. The standard InChI is InChI=1S/C22H22Cl2FN5S/c23-17-4-1-3-16(11-17)13-30-14-18(12-26-30)27-22(31)29-9-7-28(8-10-29)15-19-20(24)5-2-6-21(19)25/h1-6,11-12,14H,7-10,13,15H2,(H,27,31). The third kappa shape index (κ3) is 5.74.